The van der Waals surface area contributed by atoms with Crippen LogP contribution in [0.4, 0.5) is 0 Å². The molecule has 1 aromatic heterocycles. The van der Waals surface area contributed by atoms with E-state index in [0.717, 1.165) is 21.2 Å². The molecule has 0 radical (unpaired) electrons. The maximum absolute atomic E-state index is 11.2. The van der Waals surface area contributed by atoms with Crippen LogP contribution < -0.4 is 5.56 Å². The summed E-state index contributed by atoms with van der Waals surface area (Å²) in [5.74, 6) is 0. The summed E-state index contributed by atoms with van der Waals surface area (Å²) in [4.78, 5) is 13.9. The second-order valence-corrected chi connectivity index (χ2v) is 4.32. The fraction of sp³-hybridized carbons (Fsp3) is 0.0833. The van der Waals surface area contributed by atoms with E-state index in [9.17, 15) is 4.79 Å². The quantitative estimate of drug-likeness (QED) is 0.843. The SMILES string of the molecule is Cc1cc(-c2ccc(Br)cc2)c[nH]c1=O. The first-order valence-corrected chi connectivity index (χ1v) is 5.41. The third-order valence-electron chi connectivity index (χ3n) is 2.27. The molecule has 0 atom stereocenters. The summed E-state index contributed by atoms with van der Waals surface area (Å²) in [6.07, 6.45) is 1.73. The molecule has 0 saturated heterocycles. The Labute approximate surface area is 96.1 Å². The molecular weight excluding hydrogens is 254 g/mol. The molecule has 2 aromatic rings. The predicted molar refractivity (Wildman–Crippen MR) is 64.9 cm³/mol. The molecule has 0 amide bonds. The summed E-state index contributed by atoms with van der Waals surface area (Å²) < 4.78 is 1.05. The van der Waals surface area contributed by atoms with E-state index in [1.54, 1.807) is 13.1 Å². The summed E-state index contributed by atoms with van der Waals surface area (Å²) in [6, 6.07) is 9.88. The number of H-pyrrole nitrogens is 1. The summed E-state index contributed by atoms with van der Waals surface area (Å²) in [5.41, 5.74) is 2.82. The van der Waals surface area contributed by atoms with Crippen LogP contribution in [-0.2, 0) is 0 Å². The van der Waals surface area contributed by atoms with Gasteiger partial charge in [-0.1, -0.05) is 28.1 Å². The molecule has 76 valence electrons. The Balaban J connectivity index is 2.50. The molecule has 3 heteroatoms. The van der Waals surface area contributed by atoms with Crippen molar-refractivity contribution >= 4 is 15.9 Å². The van der Waals surface area contributed by atoms with Crippen LogP contribution in [0.3, 0.4) is 0 Å². The highest BCUT2D eigenvalue weighted by atomic mass is 79.9. The van der Waals surface area contributed by atoms with E-state index in [-0.39, 0.29) is 5.56 Å². The first-order valence-electron chi connectivity index (χ1n) is 4.62. The minimum absolute atomic E-state index is 0.0316. The second kappa shape index (κ2) is 4.03. The van der Waals surface area contributed by atoms with Crippen molar-refractivity contribution in [2.24, 2.45) is 0 Å². The molecule has 0 bridgehead atoms. The molecule has 1 N–H and O–H groups in total. The molecule has 2 nitrogen and oxygen atoms in total. The largest absolute Gasteiger partial charge is 0.328 e. The first-order chi connectivity index (χ1) is 7.16. The lowest BCUT2D eigenvalue weighted by Gasteiger charge is -2.02. The molecule has 0 saturated carbocycles. The normalized spacial score (nSPS) is 10.3. The van der Waals surface area contributed by atoms with Crippen molar-refractivity contribution in [1.29, 1.82) is 0 Å². The van der Waals surface area contributed by atoms with Gasteiger partial charge in [0.1, 0.15) is 0 Å². The van der Waals surface area contributed by atoms with E-state index < -0.39 is 0 Å². The molecule has 1 heterocycles. The molecule has 1 aromatic carbocycles. The Hall–Kier alpha value is -1.35. The third kappa shape index (κ3) is 2.18. The van der Waals surface area contributed by atoms with Crippen LogP contribution in [0.5, 0.6) is 0 Å². The van der Waals surface area contributed by atoms with Gasteiger partial charge in [-0.15, -0.1) is 0 Å². The topological polar surface area (TPSA) is 32.9 Å². The molecule has 2 rings (SSSR count). The zero-order chi connectivity index (χ0) is 10.8. The fourth-order valence-corrected chi connectivity index (χ4v) is 1.67. The van der Waals surface area contributed by atoms with Crippen molar-refractivity contribution < 1.29 is 0 Å². The van der Waals surface area contributed by atoms with Gasteiger partial charge in [0.2, 0.25) is 0 Å². The third-order valence-corrected chi connectivity index (χ3v) is 2.80. The molecule has 0 aliphatic heterocycles. The lowest BCUT2D eigenvalue weighted by atomic mass is 10.1. The molecule has 0 unspecified atom stereocenters. The van der Waals surface area contributed by atoms with Gasteiger partial charge < -0.3 is 4.98 Å². The number of rotatable bonds is 1. The maximum atomic E-state index is 11.2. The van der Waals surface area contributed by atoms with Gasteiger partial charge in [-0.3, -0.25) is 4.79 Å². The molecule has 0 spiro atoms. The number of nitrogens with one attached hydrogen (secondary N) is 1. The Morgan fingerprint density at radius 2 is 1.80 bits per heavy atom. The van der Waals surface area contributed by atoms with E-state index in [0.29, 0.717) is 0 Å². The minimum Gasteiger partial charge on any atom is -0.328 e. The van der Waals surface area contributed by atoms with Crippen molar-refractivity contribution in [3.63, 3.8) is 0 Å². The van der Waals surface area contributed by atoms with E-state index in [4.69, 9.17) is 0 Å². The van der Waals surface area contributed by atoms with Gasteiger partial charge in [0.15, 0.2) is 0 Å². The summed E-state index contributed by atoms with van der Waals surface area (Å²) in [5, 5.41) is 0. The second-order valence-electron chi connectivity index (χ2n) is 3.41. The van der Waals surface area contributed by atoms with Crippen LogP contribution in [0.1, 0.15) is 5.56 Å². The van der Waals surface area contributed by atoms with Crippen LogP contribution in [0.15, 0.2) is 45.8 Å². The monoisotopic (exact) mass is 263 g/mol. The molecule has 15 heavy (non-hydrogen) atoms. The van der Waals surface area contributed by atoms with Gasteiger partial charge in [-0.05, 0) is 36.2 Å². The number of aryl methyl sites for hydroxylation is 1. The smallest absolute Gasteiger partial charge is 0.250 e. The van der Waals surface area contributed by atoms with Gasteiger partial charge >= 0.3 is 0 Å². The summed E-state index contributed by atoms with van der Waals surface area (Å²) in [7, 11) is 0. The van der Waals surface area contributed by atoms with Crippen molar-refractivity contribution in [3.8, 4) is 11.1 Å². The lowest BCUT2D eigenvalue weighted by Crippen LogP contribution is -2.07. The number of aromatic nitrogens is 1. The van der Waals surface area contributed by atoms with Crippen LogP contribution in [0, 0.1) is 6.92 Å². The lowest BCUT2D eigenvalue weighted by molar-refractivity contribution is 1.18. The van der Waals surface area contributed by atoms with Crippen molar-refractivity contribution in [2.75, 3.05) is 0 Å². The maximum Gasteiger partial charge on any atom is 0.250 e. The van der Waals surface area contributed by atoms with Gasteiger partial charge in [0, 0.05) is 16.2 Å². The Bertz CT molecular complexity index is 528. The van der Waals surface area contributed by atoms with Crippen LogP contribution in [0.25, 0.3) is 11.1 Å². The summed E-state index contributed by atoms with van der Waals surface area (Å²) >= 11 is 3.39. The predicted octanol–water partition coefficient (Wildman–Crippen LogP) is 3.11. The van der Waals surface area contributed by atoms with Crippen molar-refractivity contribution in [3.05, 3.63) is 56.9 Å². The highest BCUT2D eigenvalue weighted by molar-refractivity contribution is 9.10. The average molecular weight is 264 g/mol. The zero-order valence-electron chi connectivity index (χ0n) is 8.25. The Morgan fingerprint density at radius 1 is 1.13 bits per heavy atom. The standard InChI is InChI=1S/C12H10BrNO/c1-8-6-10(7-14-12(8)15)9-2-4-11(13)5-3-9/h2-7H,1H3,(H,14,15). The average Bonchev–Trinajstić information content (AvgIpc) is 2.23. The number of benzene rings is 1. The highest BCUT2D eigenvalue weighted by Crippen LogP contribution is 2.20. The fourth-order valence-electron chi connectivity index (χ4n) is 1.41. The number of aromatic amines is 1. The Morgan fingerprint density at radius 3 is 2.40 bits per heavy atom. The van der Waals surface area contributed by atoms with E-state index in [2.05, 4.69) is 20.9 Å². The van der Waals surface area contributed by atoms with Crippen LogP contribution >= 0.6 is 15.9 Å². The van der Waals surface area contributed by atoms with Crippen molar-refractivity contribution in [1.82, 2.24) is 4.98 Å². The highest BCUT2D eigenvalue weighted by Gasteiger charge is 1.99. The van der Waals surface area contributed by atoms with Gasteiger partial charge in [0.25, 0.3) is 5.56 Å². The summed E-state index contributed by atoms with van der Waals surface area (Å²) in [6.45, 7) is 1.81. The van der Waals surface area contributed by atoms with Gasteiger partial charge in [-0.2, -0.15) is 0 Å². The van der Waals surface area contributed by atoms with Crippen molar-refractivity contribution in [2.45, 2.75) is 6.92 Å². The van der Waals surface area contributed by atoms with E-state index in [1.165, 1.54) is 0 Å². The van der Waals surface area contributed by atoms with Gasteiger partial charge in [-0.25, -0.2) is 0 Å². The molecular formula is C12H10BrNO. The first kappa shape index (κ1) is 10.2. The Kier molecular flexibility index (Phi) is 2.73. The zero-order valence-corrected chi connectivity index (χ0v) is 9.84. The molecule has 0 aliphatic rings. The minimum atomic E-state index is -0.0316. The van der Waals surface area contributed by atoms with Gasteiger partial charge in [0.05, 0.1) is 0 Å². The van der Waals surface area contributed by atoms with E-state index in [1.807, 2.05) is 30.3 Å². The van der Waals surface area contributed by atoms with Crippen LogP contribution in [-0.4, -0.2) is 4.98 Å². The molecule has 0 fully saturated rings. The number of halogens is 1. The number of hydrogen-bond acceptors (Lipinski definition) is 1. The molecule has 0 aliphatic carbocycles. The van der Waals surface area contributed by atoms with Crippen LogP contribution in [0.2, 0.25) is 0 Å². The number of pyridine rings is 1. The van der Waals surface area contributed by atoms with E-state index >= 15 is 0 Å². The number of hydrogen-bond donors (Lipinski definition) is 1.